The summed E-state index contributed by atoms with van der Waals surface area (Å²) < 4.78 is 0. The lowest BCUT2D eigenvalue weighted by Crippen LogP contribution is -2.55. The van der Waals surface area contributed by atoms with E-state index in [-0.39, 0.29) is 35.8 Å². The number of likely N-dealkylation sites (N-methyl/N-ethyl adjacent to an activating group) is 1. The van der Waals surface area contributed by atoms with Gasteiger partial charge in [0.15, 0.2) is 0 Å². The third-order valence-corrected chi connectivity index (χ3v) is 6.81. The minimum absolute atomic E-state index is 0.275. The Kier molecular flexibility index (Phi) is 8.42. The van der Waals surface area contributed by atoms with E-state index in [0.717, 1.165) is 0 Å². The molecule has 0 aliphatic carbocycles. The zero-order chi connectivity index (χ0) is 20.7. The Bertz CT molecular complexity index is 647. The van der Waals surface area contributed by atoms with Gasteiger partial charge >= 0.3 is 0 Å². The average Bonchev–Trinajstić information content (AvgIpc) is 3.15. The van der Waals surface area contributed by atoms with Crippen LogP contribution in [0.4, 0.5) is 0 Å². The molecule has 2 heterocycles. The van der Waals surface area contributed by atoms with Gasteiger partial charge in [-0.15, -0.1) is 0 Å². The smallest absolute Gasteiger partial charge is 0.246 e. The lowest BCUT2D eigenvalue weighted by atomic mass is 10.2. The Morgan fingerprint density at radius 2 is 1.89 bits per heavy atom. The van der Waals surface area contributed by atoms with Crippen LogP contribution < -0.4 is 21.3 Å². The van der Waals surface area contributed by atoms with Crippen LogP contribution in [0.3, 0.4) is 0 Å². The summed E-state index contributed by atoms with van der Waals surface area (Å²) >= 11 is 0. The predicted octanol–water partition coefficient (Wildman–Crippen LogP) is -1.78. The summed E-state index contributed by atoms with van der Waals surface area (Å²) in [5, 5.41) is 10.3. The Balaban J connectivity index is 2.19. The summed E-state index contributed by atoms with van der Waals surface area (Å²) in [6.45, 7) is 1.48. The summed E-state index contributed by atoms with van der Waals surface area (Å²) in [6.07, 6.45) is 1.16. The molecule has 2 aliphatic heterocycles. The molecular weight excluding hydrogens is 406 g/mol. The fourth-order valence-electron chi connectivity index (χ4n) is 3.04. The van der Waals surface area contributed by atoms with Crippen molar-refractivity contribution in [2.45, 2.75) is 37.9 Å². The normalized spacial score (nSPS) is 27.1. The predicted molar refractivity (Wildman–Crippen MR) is 106 cm³/mol. The lowest BCUT2D eigenvalue weighted by Gasteiger charge is -2.29. The summed E-state index contributed by atoms with van der Waals surface area (Å²) in [5.74, 6) is -1.34. The van der Waals surface area contributed by atoms with Gasteiger partial charge in [-0.3, -0.25) is 24.0 Å². The largest absolute Gasteiger partial charge is 0.357 e. The van der Waals surface area contributed by atoms with E-state index in [0.29, 0.717) is 19.4 Å². The Morgan fingerprint density at radius 1 is 1.18 bits per heavy atom. The van der Waals surface area contributed by atoms with E-state index in [2.05, 4.69) is 21.3 Å². The van der Waals surface area contributed by atoms with Crippen molar-refractivity contribution in [1.29, 1.82) is 0 Å². The molecule has 2 fully saturated rings. The fourth-order valence-corrected chi connectivity index (χ4v) is 5.36. The minimum atomic E-state index is -0.771. The zero-order valence-corrected chi connectivity index (χ0v) is 17.4. The molecule has 4 N–H and O–H groups in total. The van der Waals surface area contributed by atoms with Crippen molar-refractivity contribution in [2.24, 2.45) is 0 Å². The minimum Gasteiger partial charge on any atom is -0.357 e. The number of carbonyl (C=O) groups excluding carboxylic acids is 5. The van der Waals surface area contributed by atoms with E-state index >= 15 is 0 Å². The topological polar surface area (TPSA) is 137 Å². The van der Waals surface area contributed by atoms with Gasteiger partial charge in [0.2, 0.25) is 29.5 Å². The molecule has 2 rings (SSSR count). The number of carbonyl (C=O) groups is 5. The van der Waals surface area contributed by atoms with Crippen molar-refractivity contribution >= 4 is 51.1 Å². The van der Waals surface area contributed by atoms with Crippen molar-refractivity contribution in [1.82, 2.24) is 26.2 Å². The average molecular weight is 432 g/mol. The van der Waals surface area contributed by atoms with Crippen LogP contribution in [0.2, 0.25) is 0 Å². The van der Waals surface area contributed by atoms with E-state index in [9.17, 15) is 24.0 Å². The molecular formula is C16H25N5O5S2. The molecule has 0 aromatic rings. The van der Waals surface area contributed by atoms with Crippen LogP contribution in [0, 0.1) is 0 Å². The van der Waals surface area contributed by atoms with Crippen molar-refractivity contribution < 1.29 is 24.0 Å². The monoisotopic (exact) mass is 431 g/mol. The first-order valence-electron chi connectivity index (χ1n) is 8.94. The number of hydrogen-bond acceptors (Lipinski definition) is 7. The molecule has 0 bridgehead atoms. The van der Waals surface area contributed by atoms with Crippen LogP contribution in [0.25, 0.3) is 0 Å². The number of fused-ring (bicyclic) bond motifs is 1. The Labute approximate surface area is 171 Å². The molecule has 12 heteroatoms. The molecule has 3 atom stereocenters. The van der Waals surface area contributed by atoms with Crippen LogP contribution >= 0.6 is 21.6 Å². The number of amides is 5. The fraction of sp³-hybridized carbons (Fsp3) is 0.688. The first kappa shape index (κ1) is 22.3. The maximum Gasteiger partial charge on any atom is 0.246 e. The molecule has 156 valence electrons. The van der Waals surface area contributed by atoms with Gasteiger partial charge in [0.1, 0.15) is 18.1 Å². The summed E-state index contributed by atoms with van der Waals surface area (Å²) in [5.41, 5.74) is 0. The molecule has 0 unspecified atom stereocenters. The molecule has 2 aliphatic rings. The van der Waals surface area contributed by atoms with Crippen LogP contribution in [-0.2, 0) is 24.0 Å². The van der Waals surface area contributed by atoms with Crippen molar-refractivity contribution in [3.63, 3.8) is 0 Å². The SMILES string of the molecule is CNC(=O)[C@@H]1CSSC[C@H](NC(C)=O)C(=O)N2CCC[C@H]2C(=O)NCC(=O)N1. The second kappa shape index (κ2) is 10.6. The van der Waals surface area contributed by atoms with Crippen molar-refractivity contribution in [3.05, 3.63) is 0 Å². The highest BCUT2D eigenvalue weighted by atomic mass is 33.1. The van der Waals surface area contributed by atoms with Crippen LogP contribution in [0.15, 0.2) is 0 Å². The van der Waals surface area contributed by atoms with Crippen molar-refractivity contribution in [2.75, 3.05) is 31.6 Å². The first-order chi connectivity index (χ1) is 13.3. The lowest BCUT2D eigenvalue weighted by molar-refractivity contribution is -0.141. The van der Waals surface area contributed by atoms with Crippen LogP contribution in [0.1, 0.15) is 19.8 Å². The van der Waals surface area contributed by atoms with Gasteiger partial charge in [-0.2, -0.15) is 0 Å². The van der Waals surface area contributed by atoms with Crippen LogP contribution in [0.5, 0.6) is 0 Å². The molecule has 0 spiro atoms. The molecule has 5 amide bonds. The first-order valence-corrected chi connectivity index (χ1v) is 11.4. The van der Waals surface area contributed by atoms with Crippen LogP contribution in [-0.4, -0.2) is 84.2 Å². The summed E-state index contributed by atoms with van der Waals surface area (Å²) in [6, 6.07) is -2.21. The maximum atomic E-state index is 12.9. The van der Waals surface area contributed by atoms with E-state index in [1.54, 1.807) is 0 Å². The van der Waals surface area contributed by atoms with E-state index < -0.39 is 29.9 Å². The number of nitrogens with zero attached hydrogens (tertiary/aromatic N) is 1. The number of rotatable bonds is 2. The third-order valence-electron chi connectivity index (χ3n) is 4.39. The molecule has 10 nitrogen and oxygen atoms in total. The quantitative estimate of drug-likeness (QED) is 0.380. The molecule has 0 aromatic carbocycles. The highest BCUT2D eigenvalue weighted by molar-refractivity contribution is 8.76. The van der Waals surface area contributed by atoms with Gasteiger partial charge in [-0.25, -0.2) is 0 Å². The van der Waals surface area contributed by atoms with Gasteiger partial charge in [0.05, 0.1) is 6.54 Å². The van der Waals surface area contributed by atoms with Crippen molar-refractivity contribution in [3.8, 4) is 0 Å². The summed E-state index contributed by atoms with van der Waals surface area (Å²) in [4.78, 5) is 62.5. The van der Waals surface area contributed by atoms with Gasteiger partial charge in [0.25, 0.3) is 0 Å². The highest BCUT2D eigenvalue weighted by Gasteiger charge is 2.37. The molecule has 0 radical (unpaired) electrons. The molecule has 0 aromatic heterocycles. The number of hydrogen-bond donors (Lipinski definition) is 4. The standard InChI is InChI=1S/C16H25N5O5S2/c1-9(22)19-11-8-28-27-7-10(14(24)17-2)20-13(23)6-18-15(25)12-4-3-5-21(12)16(11)26/h10-12H,3-8H2,1-2H3,(H,17,24)(H,18,25)(H,19,22)(H,20,23)/t10-,11-,12-/m0/s1. The maximum absolute atomic E-state index is 12.9. The van der Waals surface area contributed by atoms with Gasteiger partial charge in [-0.1, -0.05) is 21.6 Å². The Morgan fingerprint density at radius 3 is 2.57 bits per heavy atom. The highest BCUT2D eigenvalue weighted by Crippen LogP contribution is 2.25. The van der Waals surface area contributed by atoms with Gasteiger partial charge in [-0.05, 0) is 12.8 Å². The molecule has 0 saturated carbocycles. The Hall–Kier alpha value is -1.95. The third kappa shape index (κ3) is 6.03. The molecule has 28 heavy (non-hydrogen) atoms. The van der Waals surface area contributed by atoms with E-state index in [1.165, 1.54) is 40.5 Å². The van der Waals surface area contributed by atoms with Gasteiger partial charge < -0.3 is 26.2 Å². The zero-order valence-electron chi connectivity index (χ0n) is 15.8. The second-order valence-electron chi connectivity index (χ2n) is 6.46. The second-order valence-corrected chi connectivity index (χ2v) is 9.02. The van der Waals surface area contributed by atoms with E-state index in [1.807, 2.05) is 0 Å². The molecule has 2 saturated heterocycles. The van der Waals surface area contributed by atoms with Gasteiger partial charge in [0, 0.05) is 32.0 Å². The van der Waals surface area contributed by atoms with E-state index in [4.69, 9.17) is 0 Å². The number of nitrogens with one attached hydrogen (secondary N) is 4. The summed E-state index contributed by atoms with van der Waals surface area (Å²) in [7, 11) is 4.12.